The molecule has 4 heteroatoms. The Labute approximate surface area is 102 Å². The molecule has 1 aromatic carbocycles. The summed E-state index contributed by atoms with van der Waals surface area (Å²) in [5, 5.41) is 11.5. The van der Waals surface area contributed by atoms with E-state index in [9.17, 15) is 4.79 Å². The Balaban J connectivity index is 2.27. The van der Waals surface area contributed by atoms with Gasteiger partial charge in [0.15, 0.2) is 0 Å². The van der Waals surface area contributed by atoms with Crippen LogP contribution in [-0.4, -0.2) is 36.2 Å². The van der Waals surface area contributed by atoms with E-state index < -0.39 is 0 Å². The number of amides is 2. The monoisotopic (exact) mass is 236 g/mol. The van der Waals surface area contributed by atoms with Gasteiger partial charge in [-0.1, -0.05) is 18.2 Å². The maximum Gasteiger partial charge on any atom is 0.321 e. The Morgan fingerprint density at radius 3 is 2.59 bits per heavy atom. The molecule has 0 aromatic heterocycles. The molecule has 0 aliphatic rings. The quantitative estimate of drug-likeness (QED) is 0.745. The molecule has 17 heavy (non-hydrogen) atoms. The van der Waals surface area contributed by atoms with Crippen LogP contribution in [0.15, 0.2) is 30.3 Å². The number of urea groups is 1. The molecule has 0 unspecified atom stereocenters. The summed E-state index contributed by atoms with van der Waals surface area (Å²) >= 11 is 0. The van der Waals surface area contributed by atoms with Gasteiger partial charge in [0, 0.05) is 25.9 Å². The SMILES string of the molecule is CN(CCCCCO)C(=O)Nc1ccccc1. The highest BCUT2D eigenvalue weighted by atomic mass is 16.2. The molecule has 0 atom stereocenters. The maximum atomic E-state index is 11.7. The highest BCUT2D eigenvalue weighted by Gasteiger charge is 2.07. The second-order valence-electron chi connectivity index (χ2n) is 4.00. The van der Waals surface area contributed by atoms with E-state index in [4.69, 9.17) is 5.11 Å². The number of carbonyl (C=O) groups is 1. The third-order valence-corrected chi connectivity index (χ3v) is 2.52. The molecule has 4 nitrogen and oxygen atoms in total. The fraction of sp³-hybridized carbons (Fsp3) is 0.462. The van der Waals surface area contributed by atoms with Crippen molar-refractivity contribution < 1.29 is 9.90 Å². The molecule has 0 radical (unpaired) electrons. The lowest BCUT2D eigenvalue weighted by atomic mass is 10.2. The van der Waals surface area contributed by atoms with E-state index in [0.717, 1.165) is 24.9 Å². The molecule has 0 spiro atoms. The summed E-state index contributed by atoms with van der Waals surface area (Å²) in [4.78, 5) is 13.4. The minimum atomic E-state index is -0.0970. The van der Waals surface area contributed by atoms with E-state index in [1.165, 1.54) is 0 Å². The number of nitrogens with zero attached hydrogens (tertiary/aromatic N) is 1. The number of nitrogens with one attached hydrogen (secondary N) is 1. The fourth-order valence-electron chi connectivity index (χ4n) is 1.48. The average Bonchev–Trinajstić information content (AvgIpc) is 2.35. The van der Waals surface area contributed by atoms with Gasteiger partial charge in [-0.25, -0.2) is 4.79 Å². The van der Waals surface area contributed by atoms with E-state index in [-0.39, 0.29) is 12.6 Å². The Kier molecular flexibility index (Phi) is 6.10. The number of rotatable bonds is 6. The predicted octanol–water partition coefficient (Wildman–Crippen LogP) is 2.31. The summed E-state index contributed by atoms with van der Waals surface area (Å²) in [7, 11) is 1.78. The van der Waals surface area contributed by atoms with Crippen LogP contribution in [0, 0.1) is 0 Å². The number of carbonyl (C=O) groups excluding carboxylic acids is 1. The summed E-state index contributed by atoms with van der Waals surface area (Å²) in [6, 6.07) is 9.30. The number of aliphatic hydroxyl groups excluding tert-OH is 1. The van der Waals surface area contributed by atoms with Gasteiger partial charge in [0.25, 0.3) is 0 Å². The largest absolute Gasteiger partial charge is 0.396 e. The zero-order valence-corrected chi connectivity index (χ0v) is 10.2. The average molecular weight is 236 g/mol. The maximum absolute atomic E-state index is 11.7. The topological polar surface area (TPSA) is 52.6 Å². The molecule has 0 saturated heterocycles. The molecule has 0 aliphatic heterocycles. The smallest absolute Gasteiger partial charge is 0.321 e. The lowest BCUT2D eigenvalue weighted by Gasteiger charge is -2.17. The number of para-hydroxylation sites is 1. The molecule has 0 saturated carbocycles. The van der Waals surface area contributed by atoms with Crippen LogP contribution < -0.4 is 5.32 Å². The van der Waals surface area contributed by atoms with Gasteiger partial charge in [-0.05, 0) is 31.4 Å². The van der Waals surface area contributed by atoms with Crippen LogP contribution in [0.2, 0.25) is 0 Å². The molecule has 0 heterocycles. The molecule has 1 rings (SSSR count). The van der Waals surface area contributed by atoms with Crippen molar-refractivity contribution in [3.63, 3.8) is 0 Å². The standard InChI is InChI=1S/C13H20N2O2/c1-15(10-6-3-7-11-16)13(17)14-12-8-4-2-5-9-12/h2,4-5,8-9,16H,3,6-7,10-11H2,1H3,(H,14,17). The zero-order chi connectivity index (χ0) is 12.5. The Morgan fingerprint density at radius 2 is 1.94 bits per heavy atom. The number of benzene rings is 1. The van der Waals surface area contributed by atoms with Crippen molar-refractivity contribution in [2.75, 3.05) is 25.5 Å². The second-order valence-corrected chi connectivity index (χ2v) is 4.00. The zero-order valence-electron chi connectivity index (χ0n) is 10.2. The molecular weight excluding hydrogens is 216 g/mol. The summed E-state index contributed by atoms with van der Waals surface area (Å²) < 4.78 is 0. The van der Waals surface area contributed by atoms with E-state index in [2.05, 4.69) is 5.32 Å². The minimum absolute atomic E-state index is 0.0970. The van der Waals surface area contributed by atoms with Crippen LogP contribution in [0.4, 0.5) is 10.5 Å². The van der Waals surface area contributed by atoms with Crippen molar-refractivity contribution in [3.05, 3.63) is 30.3 Å². The van der Waals surface area contributed by atoms with Crippen molar-refractivity contribution in [2.24, 2.45) is 0 Å². The Hall–Kier alpha value is -1.55. The second kappa shape index (κ2) is 7.68. The van der Waals surface area contributed by atoms with Gasteiger partial charge in [-0.3, -0.25) is 0 Å². The van der Waals surface area contributed by atoms with E-state index in [1.54, 1.807) is 11.9 Å². The van der Waals surface area contributed by atoms with Gasteiger partial charge in [-0.15, -0.1) is 0 Å². The Bertz CT molecular complexity index is 327. The first kappa shape index (κ1) is 13.5. The van der Waals surface area contributed by atoms with Crippen molar-refractivity contribution >= 4 is 11.7 Å². The molecule has 0 aliphatic carbocycles. The summed E-state index contributed by atoms with van der Waals surface area (Å²) in [5.41, 5.74) is 0.805. The lowest BCUT2D eigenvalue weighted by Crippen LogP contribution is -2.32. The highest BCUT2D eigenvalue weighted by Crippen LogP contribution is 2.06. The molecule has 0 bridgehead atoms. The Morgan fingerprint density at radius 1 is 1.24 bits per heavy atom. The van der Waals surface area contributed by atoms with E-state index >= 15 is 0 Å². The van der Waals surface area contributed by atoms with Crippen molar-refractivity contribution in [1.82, 2.24) is 4.90 Å². The number of aliphatic hydroxyl groups is 1. The van der Waals surface area contributed by atoms with Crippen LogP contribution in [0.25, 0.3) is 0 Å². The van der Waals surface area contributed by atoms with Crippen LogP contribution in [0.5, 0.6) is 0 Å². The van der Waals surface area contributed by atoms with Gasteiger partial charge in [0.1, 0.15) is 0 Å². The molecule has 1 aromatic rings. The fourth-order valence-corrected chi connectivity index (χ4v) is 1.48. The number of hydrogen-bond acceptors (Lipinski definition) is 2. The van der Waals surface area contributed by atoms with Crippen molar-refractivity contribution in [3.8, 4) is 0 Å². The highest BCUT2D eigenvalue weighted by molar-refractivity contribution is 5.89. The van der Waals surface area contributed by atoms with Gasteiger partial charge in [0.05, 0.1) is 0 Å². The van der Waals surface area contributed by atoms with E-state index in [1.807, 2.05) is 30.3 Å². The summed E-state index contributed by atoms with van der Waals surface area (Å²) in [5.74, 6) is 0. The first-order valence-electron chi connectivity index (χ1n) is 5.92. The van der Waals surface area contributed by atoms with Crippen LogP contribution in [0.3, 0.4) is 0 Å². The molecule has 2 amide bonds. The van der Waals surface area contributed by atoms with Gasteiger partial charge < -0.3 is 15.3 Å². The van der Waals surface area contributed by atoms with Crippen LogP contribution in [0.1, 0.15) is 19.3 Å². The molecule has 0 fully saturated rings. The summed E-state index contributed by atoms with van der Waals surface area (Å²) in [6.45, 7) is 0.929. The van der Waals surface area contributed by atoms with Gasteiger partial charge >= 0.3 is 6.03 Å². The molecule has 2 N–H and O–H groups in total. The first-order valence-corrected chi connectivity index (χ1v) is 5.92. The first-order chi connectivity index (χ1) is 8.24. The molecular formula is C13H20N2O2. The summed E-state index contributed by atoms with van der Waals surface area (Å²) in [6.07, 6.45) is 2.66. The predicted molar refractivity (Wildman–Crippen MR) is 69.0 cm³/mol. The number of anilines is 1. The van der Waals surface area contributed by atoms with Gasteiger partial charge in [-0.2, -0.15) is 0 Å². The van der Waals surface area contributed by atoms with Crippen LogP contribution in [-0.2, 0) is 0 Å². The third-order valence-electron chi connectivity index (χ3n) is 2.52. The van der Waals surface area contributed by atoms with Crippen molar-refractivity contribution in [1.29, 1.82) is 0 Å². The normalized spacial score (nSPS) is 10.0. The minimum Gasteiger partial charge on any atom is -0.396 e. The third kappa shape index (κ3) is 5.36. The van der Waals surface area contributed by atoms with Crippen LogP contribution >= 0.6 is 0 Å². The number of unbranched alkanes of at least 4 members (excludes halogenated alkanes) is 2. The lowest BCUT2D eigenvalue weighted by molar-refractivity contribution is 0.220. The molecule has 94 valence electrons. The van der Waals surface area contributed by atoms with E-state index in [0.29, 0.717) is 6.54 Å². The van der Waals surface area contributed by atoms with Gasteiger partial charge in [0.2, 0.25) is 0 Å². The van der Waals surface area contributed by atoms with Crippen molar-refractivity contribution in [2.45, 2.75) is 19.3 Å². The number of hydrogen-bond donors (Lipinski definition) is 2.